The van der Waals surface area contributed by atoms with Crippen LogP contribution in [0.5, 0.6) is 0 Å². The standard InChI is InChI=1S/C13H24ClN3O/c1-4-6-7-12-16-11(13(14)17-12)8-15-10(3)9-18-5-2/h10,15H,4-9H2,1-3H3,(H,16,17). The highest BCUT2D eigenvalue weighted by Crippen LogP contribution is 2.14. The molecule has 0 aromatic carbocycles. The van der Waals surface area contributed by atoms with Gasteiger partial charge in [-0.05, 0) is 20.3 Å². The van der Waals surface area contributed by atoms with Gasteiger partial charge >= 0.3 is 0 Å². The van der Waals surface area contributed by atoms with Gasteiger partial charge in [-0.25, -0.2) is 4.98 Å². The van der Waals surface area contributed by atoms with Crippen LogP contribution in [0.2, 0.25) is 5.15 Å². The first-order valence-corrected chi connectivity index (χ1v) is 7.09. The van der Waals surface area contributed by atoms with Gasteiger partial charge in [-0.15, -0.1) is 0 Å². The maximum Gasteiger partial charge on any atom is 0.151 e. The molecule has 1 aromatic rings. The van der Waals surface area contributed by atoms with Crippen molar-refractivity contribution in [1.82, 2.24) is 15.3 Å². The second-order valence-electron chi connectivity index (χ2n) is 4.50. The van der Waals surface area contributed by atoms with Crippen molar-refractivity contribution in [2.75, 3.05) is 13.2 Å². The summed E-state index contributed by atoms with van der Waals surface area (Å²) in [5, 5.41) is 3.94. The fourth-order valence-electron chi connectivity index (χ4n) is 1.65. The molecule has 4 nitrogen and oxygen atoms in total. The van der Waals surface area contributed by atoms with Crippen LogP contribution in [0.1, 0.15) is 45.1 Å². The molecule has 5 heteroatoms. The molecule has 0 aliphatic carbocycles. The zero-order valence-electron chi connectivity index (χ0n) is 11.6. The number of aryl methyl sites for hydroxylation is 1. The Morgan fingerprint density at radius 2 is 2.22 bits per heavy atom. The largest absolute Gasteiger partial charge is 0.380 e. The Balaban J connectivity index is 2.39. The minimum Gasteiger partial charge on any atom is -0.380 e. The number of ether oxygens (including phenoxy) is 1. The summed E-state index contributed by atoms with van der Waals surface area (Å²) in [5.41, 5.74) is 0.964. The van der Waals surface area contributed by atoms with Gasteiger partial charge in [-0.1, -0.05) is 24.9 Å². The molecular weight excluding hydrogens is 250 g/mol. The predicted molar refractivity (Wildman–Crippen MR) is 75.0 cm³/mol. The van der Waals surface area contributed by atoms with Crippen molar-refractivity contribution in [3.63, 3.8) is 0 Å². The minimum absolute atomic E-state index is 0.309. The molecular formula is C13H24ClN3O. The Kier molecular flexibility index (Phi) is 7.32. The zero-order chi connectivity index (χ0) is 13.4. The molecule has 0 bridgehead atoms. The van der Waals surface area contributed by atoms with Gasteiger partial charge < -0.3 is 15.0 Å². The van der Waals surface area contributed by atoms with Crippen molar-refractivity contribution in [1.29, 1.82) is 0 Å². The molecule has 0 saturated carbocycles. The van der Waals surface area contributed by atoms with Crippen molar-refractivity contribution in [3.05, 3.63) is 16.7 Å². The molecule has 1 heterocycles. The van der Waals surface area contributed by atoms with E-state index in [1.165, 1.54) is 0 Å². The smallest absolute Gasteiger partial charge is 0.151 e. The van der Waals surface area contributed by atoms with Crippen molar-refractivity contribution in [2.24, 2.45) is 0 Å². The molecule has 0 fully saturated rings. The normalized spacial score (nSPS) is 12.9. The van der Waals surface area contributed by atoms with Gasteiger partial charge in [0.15, 0.2) is 5.15 Å². The van der Waals surface area contributed by atoms with Crippen LogP contribution in [0.25, 0.3) is 0 Å². The third-order valence-corrected chi connectivity index (χ3v) is 3.06. The molecule has 0 aliphatic rings. The first-order chi connectivity index (χ1) is 8.67. The first kappa shape index (κ1) is 15.5. The number of H-pyrrole nitrogens is 1. The van der Waals surface area contributed by atoms with Crippen molar-refractivity contribution < 1.29 is 4.74 Å². The second-order valence-corrected chi connectivity index (χ2v) is 4.86. The lowest BCUT2D eigenvalue weighted by atomic mass is 10.2. The van der Waals surface area contributed by atoms with Gasteiger partial charge in [-0.3, -0.25) is 0 Å². The van der Waals surface area contributed by atoms with E-state index in [9.17, 15) is 0 Å². The number of aromatic amines is 1. The van der Waals surface area contributed by atoms with E-state index in [1.54, 1.807) is 0 Å². The van der Waals surface area contributed by atoms with E-state index in [4.69, 9.17) is 16.3 Å². The quantitative estimate of drug-likeness (QED) is 0.727. The summed E-state index contributed by atoms with van der Waals surface area (Å²) in [7, 11) is 0. The number of aromatic nitrogens is 2. The summed E-state index contributed by atoms with van der Waals surface area (Å²) in [6, 6.07) is 0.309. The molecule has 18 heavy (non-hydrogen) atoms. The number of halogens is 1. The van der Waals surface area contributed by atoms with Gasteiger partial charge in [-0.2, -0.15) is 0 Å². The second kappa shape index (κ2) is 8.51. The van der Waals surface area contributed by atoms with E-state index in [0.29, 0.717) is 24.3 Å². The highest BCUT2D eigenvalue weighted by molar-refractivity contribution is 6.30. The third kappa shape index (κ3) is 5.38. The average molecular weight is 274 g/mol. The lowest BCUT2D eigenvalue weighted by molar-refractivity contribution is 0.127. The minimum atomic E-state index is 0.309. The molecule has 2 N–H and O–H groups in total. The molecule has 0 amide bonds. The van der Waals surface area contributed by atoms with Crippen molar-refractivity contribution in [2.45, 2.75) is 52.6 Å². The van der Waals surface area contributed by atoms with E-state index >= 15 is 0 Å². The van der Waals surface area contributed by atoms with Crippen molar-refractivity contribution in [3.8, 4) is 0 Å². The molecule has 1 atom stereocenters. The maximum atomic E-state index is 6.10. The highest BCUT2D eigenvalue weighted by Gasteiger charge is 2.09. The fraction of sp³-hybridized carbons (Fsp3) is 0.769. The number of nitrogens with one attached hydrogen (secondary N) is 2. The Bertz CT molecular complexity index is 341. The number of imidazole rings is 1. The van der Waals surface area contributed by atoms with Crippen LogP contribution < -0.4 is 5.32 Å². The van der Waals surface area contributed by atoms with E-state index in [0.717, 1.165) is 37.4 Å². The average Bonchev–Trinajstić information content (AvgIpc) is 2.72. The summed E-state index contributed by atoms with van der Waals surface area (Å²) >= 11 is 6.10. The van der Waals surface area contributed by atoms with E-state index in [2.05, 4.69) is 29.1 Å². The summed E-state index contributed by atoms with van der Waals surface area (Å²) < 4.78 is 5.35. The lowest BCUT2D eigenvalue weighted by Crippen LogP contribution is -2.30. The van der Waals surface area contributed by atoms with Crippen LogP contribution in [0.3, 0.4) is 0 Å². The lowest BCUT2D eigenvalue weighted by Gasteiger charge is -2.12. The monoisotopic (exact) mass is 273 g/mol. The van der Waals surface area contributed by atoms with Crippen LogP contribution in [0.15, 0.2) is 0 Å². The third-order valence-electron chi connectivity index (χ3n) is 2.74. The molecule has 0 spiro atoms. The van der Waals surface area contributed by atoms with Gasteiger partial charge in [0, 0.05) is 25.6 Å². The van der Waals surface area contributed by atoms with E-state index in [-0.39, 0.29) is 0 Å². The van der Waals surface area contributed by atoms with Crippen LogP contribution >= 0.6 is 11.6 Å². The zero-order valence-corrected chi connectivity index (χ0v) is 12.3. The van der Waals surface area contributed by atoms with Gasteiger partial charge in [0.05, 0.1) is 12.3 Å². The number of nitrogens with zero attached hydrogens (tertiary/aromatic N) is 1. The molecule has 0 saturated heterocycles. The fourth-order valence-corrected chi connectivity index (χ4v) is 1.87. The Labute approximate surface area is 114 Å². The SMILES string of the molecule is CCCCc1nc(Cl)c(CNC(C)COCC)[nH]1. The maximum absolute atomic E-state index is 6.10. The molecule has 0 radical (unpaired) electrons. The highest BCUT2D eigenvalue weighted by atomic mass is 35.5. The molecule has 0 aliphatic heterocycles. The topological polar surface area (TPSA) is 49.9 Å². The molecule has 104 valence electrons. The van der Waals surface area contributed by atoms with Crippen LogP contribution in [0, 0.1) is 0 Å². The Hall–Kier alpha value is -0.580. The number of rotatable bonds is 9. The summed E-state index contributed by atoms with van der Waals surface area (Å²) in [5.74, 6) is 0.983. The number of hydrogen-bond acceptors (Lipinski definition) is 3. The van der Waals surface area contributed by atoms with E-state index in [1.807, 2.05) is 6.92 Å². The predicted octanol–water partition coefficient (Wildman–Crippen LogP) is 2.92. The molecule has 1 unspecified atom stereocenters. The van der Waals surface area contributed by atoms with E-state index < -0.39 is 0 Å². The van der Waals surface area contributed by atoms with Crippen LogP contribution in [-0.4, -0.2) is 29.2 Å². The Morgan fingerprint density at radius 3 is 2.89 bits per heavy atom. The first-order valence-electron chi connectivity index (χ1n) is 6.71. The summed E-state index contributed by atoms with van der Waals surface area (Å²) in [4.78, 5) is 7.61. The Morgan fingerprint density at radius 1 is 1.44 bits per heavy atom. The molecule has 1 aromatic heterocycles. The number of unbranched alkanes of at least 4 members (excludes halogenated alkanes) is 1. The summed E-state index contributed by atoms with van der Waals surface area (Å²) in [6.07, 6.45) is 3.26. The summed E-state index contributed by atoms with van der Waals surface area (Å²) in [6.45, 7) is 8.42. The molecule has 1 rings (SSSR count). The van der Waals surface area contributed by atoms with Crippen molar-refractivity contribution >= 4 is 11.6 Å². The van der Waals surface area contributed by atoms with Crippen LogP contribution in [0.4, 0.5) is 0 Å². The van der Waals surface area contributed by atoms with Gasteiger partial charge in [0.1, 0.15) is 5.82 Å². The van der Waals surface area contributed by atoms with Gasteiger partial charge in [0.25, 0.3) is 0 Å². The number of hydrogen-bond donors (Lipinski definition) is 2. The van der Waals surface area contributed by atoms with Crippen LogP contribution in [-0.2, 0) is 17.7 Å². The van der Waals surface area contributed by atoms with Gasteiger partial charge in [0.2, 0.25) is 0 Å².